The molecule has 2 aromatic carbocycles. The lowest BCUT2D eigenvalue weighted by Crippen LogP contribution is -2.31. The van der Waals surface area contributed by atoms with Gasteiger partial charge in [0.2, 0.25) is 5.91 Å². The summed E-state index contributed by atoms with van der Waals surface area (Å²) in [6, 6.07) is 19.0. The van der Waals surface area contributed by atoms with Crippen molar-refractivity contribution < 1.29 is 18.0 Å². The minimum absolute atomic E-state index is 0.0491. The highest BCUT2D eigenvalue weighted by atomic mass is 19.4. The monoisotopic (exact) mass is 496 g/mol. The van der Waals surface area contributed by atoms with Gasteiger partial charge in [0.25, 0.3) is 0 Å². The van der Waals surface area contributed by atoms with Crippen LogP contribution in [-0.4, -0.2) is 42.0 Å². The van der Waals surface area contributed by atoms with Crippen molar-refractivity contribution in [3.63, 3.8) is 0 Å². The third-order valence-electron chi connectivity index (χ3n) is 6.54. The van der Waals surface area contributed by atoms with Crippen molar-refractivity contribution in [2.24, 2.45) is 0 Å². The average molecular weight is 497 g/mol. The number of aromatic nitrogens is 1. The average Bonchev–Trinajstić information content (AvgIpc) is 3.11. The van der Waals surface area contributed by atoms with Crippen LogP contribution in [0.4, 0.5) is 24.7 Å². The summed E-state index contributed by atoms with van der Waals surface area (Å²) in [6.45, 7) is 5.88. The highest BCUT2D eigenvalue weighted by Crippen LogP contribution is 2.29. The lowest BCUT2D eigenvalue weighted by atomic mass is 9.95. The van der Waals surface area contributed by atoms with Crippen LogP contribution in [-0.2, 0) is 17.5 Å². The molecule has 1 N–H and O–H groups in total. The number of halogens is 3. The molecule has 4 rings (SSSR count). The van der Waals surface area contributed by atoms with Crippen LogP contribution in [0.15, 0.2) is 72.9 Å². The smallest absolute Gasteiger partial charge is 0.355 e. The predicted molar refractivity (Wildman–Crippen MR) is 136 cm³/mol. The molecule has 190 valence electrons. The van der Waals surface area contributed by atoms with Crippen LogP contribution in [0.3, 0.4) is 0 Å². The molecule has 1 atom stereocenters. The molecule has 1 saturated heterocycles. The number of benzene rings is 2. The molecule has 1 aliphatic heterocycles. The summed E-state index contributed by atoms with van der Waals surface area (Å²) < 4.78 is 38.4. The summed E-state index contributed by atoms with van der Waals surface area (Å²) in [5.41, 5.74) is 1.91. The van der Waals surface area contributed by atoms with Crippen LogP contribution in [0.1, 0.15) is 42.4 Å². The maximum absolute atomic E-state index is 12.8. The molecule has 8 heteroatoms. The van der Waals surface area contributed by atoms with E-state index in [1.165, 1.54) is 0 Å². The lowest BCUT2D eigenvalue weighted by Gasteiger charge is -2.23. The van der Waals surface area contributed by atoms with Crippen LogP contribution in [0.5, 0.6) is 0 Å². The molecule has 0 radical (unpaired) electrons. The lowest BCUT2D eigenvalue weighted by molar-refractivity contribution is -0.137. The number of amides is 1. The Labute approximate surface area is 210 Å². The molecule has 0 aliphatic carbocycles. The van der Waals surface area contributed by atoms with Gasteiger partial charge in [0.1, 0.15) is 5.82 Å². The molecular formula is C28H31F3N4O. The first-order chi connectivity index (χ1) is 17.3. The number of nitrogens with zero attached hydrogens (tertiary/aromatic N) is 3. The minimum atomic E-state index is -4.31. The molecule has 1 aliphatic rings. The van der Waals surface area contributed by atoms with Gasteiger partial charge in [-0.25, -0.2) is 4.98 Å². The Morgan fingerprint density at radius 1 is 0.972 bits per heavy atom. The summed E-state index contributed by atoms with van der Waals surface area (Å²) in [6.07, 6.45) is -0.990. The van der Waals surface area contributed by atoms with E-state index < -0.39 is 11.7 Å². The first kappa shape index (κ1) is 25.7. The second-order valence-electron chi connectivity index (χ2n) is 9.08. The zero-order valence-corrected chi connectivity index (χ0v) is 20.3. The molecule has 36 heavy (non-hydrogen) atoms. The van der Waals surface area contributed by atoms with Crippen LogP contribution < -0.4 is 10.2 Å². The zero-order chi connectivity index (χ0) is 25.5. The van der Waals surface area contributed by atoms with Crippen molar-refractivity contribution in [1.29, 1.82) is 0 Å². The highest BCUT2D eigenvalue weighted by Gasteiger charge is 2.30. The summed E-state index contributed by atoms with van der Waals surface area (Å²) in [7, 11) is 0. The van der Waals surface area contributed by atoms with E-state index in [-0.39, 0.29) is 11.8 Å². The molecule has 1 aromatic heterocycles. The number of nitrogens with one attached hydrogen (secondary N) is 1. The molecule has 5 nitrogen and oxygen atoms in total. The van der Waals surface area contributed by atoms with Crippen LogP contribution in [0.2, 0.25) is 0 Å². The number of rotatable bonds is 7. The fourth-order valence-electron chi connectivity index (χ4n) is 4.55. The van der Waals surface area contributed by atoms with Crippen LogP contribution >= 0.6 is 0 Å². The summed E-state index contributed by atoms with van der Waals surface area (Å²) in [4.78, 5) is 21.9. The second kappa shape index (κ2) is 11.6. The molecule has 1 fully saturated rings. The molecular weight excluding hydrogens is 465 g/mol. The van der Waals surface area contributed by atoms with E-state index >= 15 is 0 Å². The minimum Gasteiger partial charge on any atom is -0.355 e. The van der Waals surface area contributed by atoms with Gasteiger partial charge in [-0.15, -0.1) is 0 Å². The van der Waals surface area contributed by atoms with Crippen molar-refractivity contribution in [3.05, 3.63) is 89.6 Å². The topological polar surface area (TPSA) is 48.5 Å². The van der Waals surface area contributed by atoms with Gasteiger partial charge < -0.3 is 10.2 Å². The van der Waals surface area contributed by atoms with E-state index in [4.69, 9.17) is 0 Å². The van der Waals surface area contributed by atoms with E-state index in [0.717, 1.165) is 61.7 Å². The van der Waals surface area contributed by atoms with E-state index in [9.17, 15) is 18.0 Å². The summed E-state index contributed by atoms with van der Waals surface area (Å²) >= 11 is 0. The molecule has 3 aromatic rings. The Balaban J connectivity index is 1.31. The van der Waals surface area contributed by atoms with Gasteiger partial charge in [-0.2, -0.15) is 13.2 Å². The first-order valence-corrected chi connectivity index (χ1v) is 12.3. The Bertz CT molecular complexity index is 1120. The maximum Gasteiger partial charge on any atom is 0.416 e. The van der Waals surface area contributed by atoms with Gasteiger partial charge in [0.05, 0.1) is 23.4 Å². The van der Waals surface area contributed by atoms with E-state index in [1.54, 1.807) is 18.3 Å². The van der Waals surface area contributed by atoms with Gasteiger partial charge in [0, 0.05) is 32.7 Å². The number of anilines is 2. The fourth-order valence-corrected chi connectivity index (χ4v) is 4.55. The third-order valence-corrected chi connectivity index (χ3v) is 6.54. The van der Waals surface area contributed by atoms with Gasteiger partial charge >= 0.3 is 6.18 Å². The number of alkyl halides is 3. The second-order valence-corrected chi connectivity index (χ2v) is 9.08. The van der Waals surface area contributed by atoms with Crippen molar-refractivity contribution in [2.75, 3.05) is 36.4 Å². The van der Waals surface area contributed by atoms with Gasteiger partial charge in [-0.05, 0) is 48.2 Å². The van der Waals surface area contributed by atoms with Crippen molar-refractivity contribution in [3.8, 4) is 0 Å². The van der Waals surface area contributed by atoms with Crippen LogP contribution in [0, 0.1) is 0 Å². The largest absolute Gasteiger partial charge is 0.416 e. The van der Waals surface area contributed by atoms with Crippen molar-refractivity contribution in [1.82, 2.24) is 9.88 Å². The van der Waals surface area contributed by atoms with E-state index in [1.807, 2.05) is 49.4 Å². The number of carbonyl (C=O) groups is 1. The number of carbonyl (C=O) groups excluding carboxylic acids is 1. The van der Waals surface area contributed by atoms with Crippen molar-refractivity contribution in [2.45, 2.75) is 38.4 Å². The summed E-state index contributed by atoms with van der Waals surface area (Å²) in [5, 5.41) is 2.98. The standard InChI is InChI=1S/C28H31F3N4O/c1-2-25(22-7-4-3-5-8-22)27(36)33-24-13-14-26(32-19-24)35-16-6-15-34(17-18-35)20-21-9-11-23(12-10-21)28(29,30)31/h3-5,7-14,19,25H,2,6,15-18,20H2,1H3,(H,33,36). The maximum atomic E-state index is 12.8. The Kier molecular flexibility index (Phi) is 8.25. The predicted octanol–water partition coefficient (Wildman–Crippen LogP) is 5.95. The SMILES string of the molecule is CCC(C(=O)Nc1ccc(N2CCCN(Cc3ccc(C(F)(F)F)cc3)CC2)nc1)c1ccccc1. The van der Waals surface area contributed by atoms with E-state index in [0.29, 0.717) is 18.7 Å². The van der Waals surface area contributed by atoms with E-state index in [2.05, 4.69) is 20.1 Å². The fraction of sp³-hybridized carbons (Fsp3) is 0.357. The molecule has 0 spiro atoms. The molecule has 1 unspecified atom stereocenters. The normalized spacial score (nSPS) is 15.8. The molecule has 0 saturated carbocycles. The first-order valence-electron chi connectivity index (χ1n) is 12.3. The number of hydrogen-bond donors (Lipinski definition) is 1. The number of pyridine rings is 1. The molecule has 2 heterocycles. The molecule has 0 bridgehead atoms. The summed E-state index contributed by atoms with van der Waals surface area (Å²) in [5.74, 6) is 0.582. The Morgan fingerprint density at radius 3 is 2.36 bits per heavy atom. The zero-order valence-electron chi connectivity index (χ0n) is 20.3. The Hall–Kier alpha value is -3.39. The van der Waals surface area contributed by atoms with Gasteiger partial charge in [-0.1, -0.05) is 49.4 Å². The highest BCUT2D eigenvalue weighted by molar-refractivity contribution is 5.95. The molecule has 1 amide bonds. The third kappa shape index (κ3) is 6.63. The van der Waals surface area contributed by atoms with Gasteiger partial charge in [0.15, 0.2) is 0 Å². The number of hydrogen-bond acceptors (Lipinski definition) is 4. The van der Waals surface area contributed by atoms with Gasteiger partial charge in [-0.3, -0.25) is 9.69 Å². The van der Waals surface area contributed by atoms with Crippen LogP contribution in [0.25, 0.3) is 0 Å². The van der Waals surface area contributed by atoms with Crippen molar-refractivity contribution >= 4 is 17.4 Å². The Morgan fingerprint density at radius 2 is 1.72 bits per heavy atom. The quantitative estimate of drug-likeness (QED) is 0.440.